The van der Waals surface area contributed by atoms with E-state index in [0.29, 0.717) is 44.5 Å². The Hall–Kier alpha value is -3.40. The maximum atomic E-state index is 14.8. The first-order valence-electron chi connectivity index (χ1n) is 23.3. The van der Waals surface area contributed by atoms with E-state index in [-0.39, 0.29) is 234 Å². The van der Waals surface area contributed by atoms with Crippen LogP contribution >= 0.6 is 0 Å². The van der Waals surface area contributed by atoms with Crippen LogP contribution in [0.3, 0.4) is 0 Å². The maximum absolute atomic E-state index is 14.8. The Morgan fingerprint density at radius 1 is 0.263 bits per heavy atom. The molecule has 0 saturated heterocycles. The molecular formula is C56H44Na4O16S4. The summed E-state index contributed by atoms with van der Waals surface area (Å²) in [6, 6.07) is 34.8. The predicted octanol–water partition coefficient (Wildman–Crippen LogP) is -5.98. The van der Waals surface area contributed by atoms with E-state index in [0.717, 1.165) is 0 Å². The average Bonchev–Trinajstić information content (AvgIpc) is 3.34. The predicted molar refractivity (Wildman–Crippen MR) is 271 cm³/mol. The minimum absolute atomic E-state index is 0. The van der Waals surface area contributed by atoms with Crippen molar-refractivity contribution in [2.45, 2.75) is 70.9 Å². The van der Waals surface area contributed by atoms with Crippen molar-refractivity contribution in [1.29, 1.82) is 0 Å². The molecule has 0 amide bonds. The van der Waals surface area contributed by atoms with Crippen molar-refractivity contribution < 1.29 is 191 Å². The number of hydrogen-bond donors (Lipinski definition) is 4. The SMILES string of the molecule is O=S(=O)(O)c1ccc(Cc2cc3c([O-])c(c2)Cc2cc(Cc4ccc(S(=O)(=O)O)cc4)cc(c2[O-])Cc2cc(Cc4ccc(S(=O)(=O)O)cc4)cc(c2[O-])Cc2cc(Cc4ccc(S(=O)(=O)O)cc4)cc(c2[O-])C3)cc1.[Na+].[Na+].[Na+].[Na+]. The van der Waals surface area contributed by atoms with Crippen molar-refractivity contribution in [1.82, 2.24) is 0 Å². The first kappa shape index (κ1) is 67.4. The fraction of sp³-hybridized carbons (Fsp3) is 0.143. The molecule has 0 aromatic heterocycles. The normalized spacial score (nSPS) is 12.4. The standard InChI is InChI=1S/C56H48O16S4.4Na/c57-53-41-21-37(17-33-1-9-49(10-2-33)73(61,62)63)22-42(53)30-44-24-39(19-35-5-13-51(14-6-35)75(67,68)69)26-46(55(44)59)32-48-28-40(20-36-7-15-52(16-8-36)76(70,71)72)27-47(56(48)60)31-45-25-38(23-43(29-41)54(45)58)18-34-3-11-50(12-4-34)74(64,65)66;;;;/h1-16,21-28,57-60H,17-20,29-32H2,(H,61,62,63)(H,64,65,66)(H,67,68,69)(H,70,71,72);;;;/q;4*+1/p-4. The van der Waals surface area contributed by atoms with E-state index in [9.17, 15) is 72.3 Å². The van der Waals surface area contributed by atoms with Gasteiger partial charge >= 0.3 is 118 Å². The Bertz CT molecular complexity index is 3440. The van der Waals surface area contributed by atoms with Crippen molar-refractivity contribution in [3.05, 3.63) is 235 Å². The van der Waals surface area contributed by atoms with Crippen LogP contribution in [0.4, 0.5) is 0 Å². The van der Waals surface area contributed by atoms with Gasteiger partial charge in [0.25, 0.3) is 40.5 Å². The van der Waals surface area contributed by atoms with Crippen LogP contribution < -0.4 is 139 Å². The van der Waals surface area contributed by atoms with Crippen molar-refractivity contribution in [3.63, 3.8) is 0 Å². The molecule has 0 aliphatic heterocycles. The average molecular weight is 1190 g/mol. The molecule has 0 fully saturated rings. The fourth-order valence-electron chi connectivity index (χ4n) is 9.65. The molecule has 1 aliphatic carbocycles. The van der Waals surface area contributed by atoms with Crippen LogP contribution in [-0.2, 0) is 91.8 Å². The van der Waals surface area contributed by atoms with Crippen molar-refractivity contribution in [3.8, 4) is 23.0 Å². The van der Waals surface area contributed by atoms with Crippen LogP contribution in [0, 0.1) is 0 Å². The molecule has 8 bridgehead atoms. The van der Waals surface area contributed by atoms with E-state index in [4.69, 9.17) is 0 Å². The second-order valence-corrected chi connectivity index (χ2v) is 24.5. The molecule has 0 radical (unpaired) electrons. The Labute approximate surface area is 552 Å². The Balaban J connectivity index is 0.00000294. The summed E-state index contributed by atoms with van der Waals surface area (Å²) in [5.74, 6) is -1.90. The molecule has 16 nitrogen and oxygen atoms in total. The molecule has 0 unspecified atom stereocenters. The molecule has 1 aliphatic rings. The fourth-order valence-corrected chi connectivity index (χ4v) is 11.6. The minimum Gasteiger partial charge on any atom is -0.872 e. The van der Waals surface area contributed by atoms with Crippen LogP contribution in [0.1, 0.15) is 89.0 Å². The smallest absolute Gasteiger partial charge is 0.872 e. The number of fused-ring (bicyclic) bond motifs is 8. The summed E-state index contributed by atoms with van der Waals surface area (Å²) in [5, 5.41) is 59.3. The van der Waals surface area contributed by atoms with E-state index in [1.54, 1.807) is 48.5 Å². The first-order valence-corrected chi connectivity index (χ1v) is 29.0. The van der Waals surface area contributed by atoms with Gasteiger partial charge in [-0.25, -0.2) is 0 Å². The number of rotatable bonds is 12. The van der Waals surface area contributed by atoms with Gasteiger partial charge in [-0.2, -0.15) is 33.7 Å². The molecule has 4 N–H and O–H groups in total. The number of benzene rings is 8. The van der Waals surface area contributed by atoms with Crippen molar-refractivity contribution >= 4 is 40.5 Å². The number of hydrogen-bond acceptors (Lipinski definition) is 12. The molecule has 0 saturated carbocycles. The Morgan fingerprint density at radius 3 is 0.525 bits per heavy atom. The van der Waals surface area contributed by atoms with Gasteiger partial charge < -0.3 is 20.4 Å². The van der Waals surface area contributed by atoms with E-state index in [1.165, 1.54) is 97.1 Å². The van der Waals surface area contributed by atoms with Gasteiger partial charge in [-0.1, -0.05) is 142 Å². The van der Waals surface area contributed by atoms with Crippen LogP contribution in [-0.4, -0.2) is 51.9 Å². The zero-order chi connectivity index (χ0) is 54.5. The van der Waals surface area contributed by atoms with E-state index >= 15 is 0 Å². The monoisotopic (exact) mass is 1190 g/mol. The summed E-state index contributed by atoms with van der Waals surface area (Å²) >= 11 is 0. The topological polar surface area (TPSA) is 310 Å². The molecule has 0 heterocycles. The van der Waals surface area contributed by atoms with E-state index < -0.39 is 63.5 Å². The van der Waals surface area contributed by atoms with Crippen LogP contribution in [0.25, 0.3) is 0 Å². The molecule has 8 aromatic rings. The van der Waals surface area contributed by atoms with Gasteiger partial charge in [0.1, 0.15) is 0 Å². The largest absolute Gasteiger partial charge is 1.00 e. The van der Waals surface area contributed by atoms with Gasteiger partial charge in [0.2, 0.25) is 0 Å². The van der Waals surface area contributed by atoms with Crippen molar-refractivity contribution in [2.75, 3.05) is 0 Å². The third-order valence-corrected chi connectivity index (χ3v) is 16.7. The second kappa shape index (κ2) is 27.1. The van der Waals surface area contributed by atoms with Gasteiger partial charge in [-0.3, -0.25) is 18.2 Å². The first-order chi connectivity index (χ1) is 35.7. The van der Waals surface area contributed by atoms with Gasteiger partial charge in [-0.15, -0.1) is 23.0 Å². The Morgan fingerprint density at radius 2 is 0.400 bits per heavy atom. The molecular weight excluding hydrogens is 1150 g/mol. The zero-order valence-electron chi connectivity index (χ0n) is 43.8. The molecule has 392 valence electrons. The maximum Gasteiger partial charge on any atom is 1.00 e. The molecule has 80 heavy (non-hydrogen) atoms. The molecule has 24 heteroatoms. The third-order valence-electron chi connectivity index (χ3n) is 13.3. The molecule has 9 rings (SSSR count). The van der Waals surface area contributed by atoms with Gasteiger partial charge in [0.05, 0.1) is 19.6 Å². The van der Waals surface area contributed by atoms with Gasteiger partial charge in [-0.05, 0) is 144 Å². The van der Waals surface area contributed by atoms with Crippen molar-refractivity contribution in [2.24, 2.45) is 0 Å². The summed E-state index contributed by atoms with van der Waals surface area (Å²) in [4.78, 5) is -1.33. The van der Waals surface area contributed by atoms with Crippen LogP contribution in [0.5, 0.6) is 23.0 Å². The summed E-state index contributed by atoms with van der Waals surface area (Å²) in [5.41, 5.74) is 5.97. The minimum atomic E-state index is -4.51. The Kier molecular flexibility index (Phi) is 22.8. The van der Waals surface area contributed by atoms with Gasteiger partial charge in [0.15, 0.2) is 0 Å². The van der Waals surface area contributed by atoms with Crippen LogP contribution in [0.15, 0.2) is 165 Å². The van der Waals surface area contributed by atoms with E-state index in [1.807, 2.05) is 0 Å². The summed E-state index contributed by atoms with van der Waals surface area (Å²) in [6.07, 6.45) is -0.345. The summed E-state index contributed by atoms with van der Waals surface area (Å²) in [6.45, 7) is 0. The second-order valence-electron chi connectivity index (χ2n) is 18.9. The van der Waals surface area contributed by atoms with Gasteiger partial charge in [0, 0.05) is 0 Å². The van der Waals surface area contributed by atoms with Crippen LogP contribution in [0.2, 0.25) is 0 Å². The molecule has 0 spiro atoms. The zero-order valence-corrected chi connectivity index (χ0v) is 55.1. The summed E-state index contributed by atoms with van der Waals surface area (Å²) < 4.78 is 133. The molecule has 0 atom stereocenters. The quantitative estimate of drug-likeness (QED) is 0.0654. The third kappa shape index (κ3) is 16.5. The van der Waals surface area contributed by atoms with E-state index in [2.05, 4.69) is 0 Å². The summed E-state index contributed by atoms with van der Waals surface area (Å²) in [7, 11) is -18.0. The molecule has 8 aromatic carbocycles.